The molecule has 5 rings (SSSR count). The molecule has 0 saturated heterocycles. The van der Waals surface area contributed by atoms with E-state index in [-0.39, 0.29) is 40.4 Å². The lowest BCUT2D eigenvalue weighted by Crippen LogP contribution is -2.34. The van der Waals surface area contributed by atoms with Crippen molar-refractivity contribution in [1.29, 1.82) is 0 Å². The van der Waals surface area contributed by atoms with Gasteiger partial charge in [-0.05, 0) is 48.4 Å². The van der Waals surface area contributed by atoms with Gasteiger partial charge in [0.25, 0.3) is 0 Å². The van der Waals surface area contributed by atoms with Crippen molar-refractivity contribution in [2.75, 3.05) is 0 Å². The molecule has 0 amide bonds. The van der Waals surface area contributed by atoms with Gasteiger partial charge < -0.3 is 9.63 Å². The van der Waals surface area contributed by atoms with Gasteiger partial charge in [0.15, 0.2) is 11.4 Å². The van der Waals surface area contributed by atoms with Gasteiger partial charge in [-0.2, -0.15) is 26.3 Å². The van der Waals surface area contributed by atoms with Crippen LogP contribution < -0.4 is 0 Å². The van der Waals surface area contributed by atoms with E-state index < -0.39 is 33.9 Å². The number of aryl methyl sites for hydroxylation is 1. The first-order chi connectivity index (χ1) is 20.2. The van der Waals surface area contributed by atoms with Crippen LogP contribution in [0.25, 0.3) is 11.3 Å². The van der Waals surface area contributed by atoms with Gasteiger partial charge in [-0.3, -0.25) is 0 Å². The van der Waals surface area contributed by atoms with Gasteiger partial charge in [-0.1, -0.05) is 84.7 Å². The Balaban J connectivity index is 1.64. The van der Waals surface area contributed by atoms with Gasteiger partial charge in [-0.25, -0.2) is 4.68 Å². The lowest BCUT2D eigenvalue weighted by atomic mass is 9.82. The number of aromatic nitrogens is 4. The molecule has 0 fully saturated rings. The molecule has 43 heavy (non-hydrogen) atoms. The zero-order chi connectivity index (χ0) is 31.2. The van der Waals surface area contributed by atoms with Gasteiger partial charge in [-0.15, -0.1) is 5.10 Å². The molecule has 0 saturated carbocycles. The second-order valence-electron chi connectivity index (χ2n) is 9.73. The highest BCUT2D eigenvalue weighted by atomic mass is 79.9. The summed E-state index contributed by atoms with van der Waals surface area (Å²) in [6.45, 7) is 1.43. The number of benzene rings is 3. The maximum Gasteiger partial charge on any atom is 0.416 e. The minimum atomic E-state index is -4.65. The van der Waals surface area contributed by atoms with Crippen LogP contribution in [0.2, 0.25) is 0 Å². The molecule has 0 aliphatic rings. The quantitative estimate of drug-likeness (QED) is 0.134. The number of hydrogen-bond acceptors (Lipinski definition) is 5. The Morgan fingerprint density at radius 1 is 0.907 bits per heavy atom. The molecule has 0 bridgehead atoms. The van der Waals surface area contributed by atoms with Crippen molar-refractivity contribution in [3.05, 3.63) is 123 Å². The van der Waals surface area contributed by atoms with Crippen LogP contribution in [-0.2, 0) is 24.5 Å². The first-order valence-corrected chi connectivity index (χ1v) is 14.2. The van der Waals surface area contributed by atoms with Crippen molar-refractivity contribution in [3.8, 4) is 11.3 Å². The van der Waals surface area contributed by atoms with Crippen molar-refractivity contribution in [1.82, 2.24) is 20.2 Å². The number of nitrogens with zero attached hydrogens (tertiary/aromatic N) is 4. The summed E-state index contributed by atoms with van der Waals surface area (Å²) in [6, 6.07) is 16.0. The van der Waals surface area contributed by atoms with Crippen LogP contribution in [0.3, 0.4) is 0 Å². The minimum absolute atomic E-state index is 0.0621. The van der Waals surface area contributed by atoms with E-state index in [2.05, 4.69) is 47.3 Å². The first kappa shape index (κ1) is 31.0. The summed E-state index contributed by atoms with van der Waals surface area (Å²) in [6.07, 6.45) is -7.88. The Hall–Kier alpha value is -3.49. The molecule has 0 aliphatic carbocycles. The monoisotopic (exact) mass is 728 g/mol. The molecule has 2 aromatic heterocycles. The topological polar surface area (TPSA) is 77.0 Å². The van der Waals surface area contributed by atoms with Crippen molar-refractivity contribution < 1.29 is 36.0 Å². The van der Waals surface area contributed by atoms with Crippen LogP contribution in [-0.4, -0.2) is 25.3 Å². The second-order valence-corrected chi connectivity index (χ2v) is 11.6. The molecule has 14 heteroatoms. The van der Waals surface area contributed by atoms with Crippen LogP contribution in [0.15, 0.2) is 88.0 Å². The number of hydrogen-bond donors (Lipinski definition) is 1. The molecule has 0 spiro atoms. The number of halogens is 8. The summed E-state index contributed by atoms with van der Waals surface area (Å²) in [5.74, 6) is 0.136. The maximum atomic E-state index is 13.6. The lowest BCUT2D eigenvalue weighted by molar-refractivity contribution is -0.138. The van der Waals surface area contributed by atoms with Crippen LogP contribution >= 0.6 is 31.9 Å². The van der Waals surface area contributed by atoms with E-state index in [4.69, 9.17) is 4.52 Å². The second kappa shape index (κ2) is 11.5. The third-order valence-electron chi connectivity index (χ3n) is 6.75. The summed E-state index contributed by atoms with van der Waals surface area (Å²) in [4.78, 5) is -1.24. The van der Waals surface area contributed by atoms with Crippen LogP contribution in [0.4, 0.5) is 26.3 Å². The SMILES string of the molecule is Cc1noc(-c2ccc(Br)cc2)c1C(O)(c1cn(Cc2cccc(C(F)(F)F)c2)nn1)C(Br)c1cccc(C(F)(F)F)c1. The smallest absolute Gasteiger partial charge is 0.377 e. The minimum Gasteiger partial charge on any atom is -0.377 e. The van der Waals surface area contributed by atoms with Gasteiger partial charge in [0, 0.05) is 10.0 Å². The van der Waals surface area contributed by atoms with E-state index >= 15 is 0 Å². The maximum absolute atomic E-state index is 13.6. The molecule has 6 nitrogen and oxygen atoms in total. The van der Waals surface area contributed by atoms with Gasteiger partial charge in [0.1, 0.15) is 5.69 Å². The standard InChI is InChI=1S/C29H20Br2F6N4O2/c1-16-24(25(43-39-16)18-8-10-22(30)11-9-18)27(42,26(31)19-5-3-7-21(13-19)29(35,36)37)23-15-41(40-38-23)14-17-4-2-6-20(12-17)28(32,33)34/h2-13,15,26,42H,14H2,1H3. The fourth-order valence-corrected chi connectivity index (χ4v) is 5.71. The molecule has 0 radical (unpaired) electrons. The number of aliphatic hydroxyl groups is 1. The molecule has 0 aliphatic heterocycles. The lowest BCUT2D eigenvalue weighted by Gasteiger charge is -2.32. The Kier molecular flexibility index (Phi) is 8.31. The Morgan fingerprint density at radius 3 is 2.19 bits per heavy atom. The Morgan fingerprint density at radius 2 is 1.53 bits per heavy atom. The Labute approximate surface area is 257 Å². The summed E-state index contributed by atoms with van der Waals surface area (Å²) in [5, 5.41) is 24.8. The predicted molar refractivity (Wildman–Crippen MR) is 151 cm³/mol. The molecule has 224 valence electrons. The molecule has 2 unspecified atom stereocenters. The van der Waals surface area contributed by atoms with Crippen molar-refractivity contribution in [3.63, 3.8) is 0 Å². The van der Waals surface area contributed by atoms with Crippen LogP contribution in [0.1, 0.15) is 44.0 Å². The predicted octanol–water partition coefficient (Wildman–Crippen LogP) is 8.46. The highest BCUT2D eigenvalue weighted by Gasteiger charge is 2.48. The highest BCUT2D eigenvalue weighted by molar-refractivity contribution is 9.10. The zero-order valence-electron chi connectivity index (χ0n) is 22.0. The van der Waals surface area contributed by atoms with E-state index in [0.717, 1.165) is 28.7 Å². The zero-order valence-corrected chi connectivity index (χ0v) is 25.1. The summed E-state index contributed by atoms with van der Waals surface area (Å²) in [7, 11) is 0. The number of rotatable bonds is 7. The fourth-order valence-electron chi connectivity index (χ4n) is 4.70. The third kappa shape index (κ3) is 6.27. The van der Waals surface area contributed by atoms with Gasteiger partial charge in [0.2, 0.25) is 0 Å². The van der Waals surface area contributed by atoms with E-state index in [1.807, 2.05) is 0 Å². The largest absolute Gasteiger partial charge is 0.416 e. The van der Waals surface area contributed by atoms with Crippen LogP contribution in [0.5, 0.6) is 0 Å². The van der Waals surface area contributed by atoms with Gasteiger partial charge >= 0.3 is 12.4 Å². The normalized spacial score (nSPS) is 14.5. The highest BCUT2D eigenvalue weighted by Crippen LogP contribution is 2.50. The fraction of sp³-hybridized carbons (Fsp3) is 0.207. The van der Waals surface area contributed by atoms with Gasteiger partial charge in [0.05, 0.1) is 40.0 Å². The average molecular weight is 730 g/mol. The first-order valence-electron chi connectivity index (χ1n) is 12.5. The van der Waals surface area contributed by atoms with Crippen LogP contribution in [0, 0.1) is 6.92 Å². The molecule has 1 N–H and O–H groups in total. The van der Waals surface area contributed by atoms with Crippen molar-refractivity contribution >= 4 is 31.9 Å². The van der Waals surface area contributed by atoms with E-state index in [0.29, 0.717) is 5.56 Å². The molecule has 5 aromatic rings. The van der Waals surface area contributed by atoms with E-state index in [1.54, 1.807) is 31.2 Å². The molecular formula is C29H20Br2F6N4O2. The van der Waals surface area contributed by atoms with E-state index in [1.165, 1.54) is 35.1 Å². The third-order valence-corrected chi connectivity index (χ3v) is 8.47. The molecule has 2 heterocycles. The number of alkyl halides is 7. The van der Waals surface area contributed by atoms with E-state index in [9.17, 15) is 31.4 Å². The molecular weight excluding hydrogens is 710 g/mol. The summed E-state index contributed by atoms with van der Waals surface area (Å²) >= 11 is 6.79. The molecule has 2 atom stereocenters. The van der Waals surface area contributed by atoms with Crippen molar-refractivity contribution in [2.45, 2.75) is 36.2 Å². The molecule has 3 aromatic carbocycles. The van der Waals surface area contributed by atoms with Crippen molar-refractivity contribution in [2.24, 2.45) is 0 Å². The summed E-state index contributed by atoms with van der Waals surface area (Å²) in [5.41, 5.74) is -2.92. The average Bonchev–Trinajstić information content (AvgIpc) is 3.59. The summed E-state index contributed by atoms with van der Waals surface area (Å²) < 4.78 is 88.2. The Bertz CT molecular complexity index is 1750.